The standard InChI is InChI=1S/C14H32N2O/c1-6-12(7-2)9-16(8-3)13(10-17)14(15)11(4)5/h11-14,17H,6-10,15H2,1-5H3. The minimum absolute atomic E-state index is 0.0503. The van der Waals surface area contributed by atoms with E-state index in [4.69, 9.17) is 5.73 Å². The van der Waals surface area contributed by atoms with Crippen molar-refractivity contribution < 1.29 is 5.11 Å². The van der Waals surface area contributed by atoms with Gasteiger partial charge in [-0.3, -0.25) is 4.90 Å². The molecule has 2 unspecified atom stereocenters. The van der Waals surface area contributed by atoms with Crippen molar-refractivity contribution >= 4 is 0 Å². The molecule has 0 aliphatic carbocycles. The van der Waals surface area contributed by atoms with Gasteiger partial charge in [0.15, 0.2) is 0 Å². The molecule has 0 amide bonds. The van der Waals surface area contributed by atoms with E-state index in [-0.39, 0.29) is 18.7 Å². The first-order valence-corrected chi connectivity index (χ1v) is 7.12. The van der Waals surface area contributed by atoms with Crippen LogP contribution in [0.4, 0.5) is 0 Å². The quantitative estimate of drug-likeness (QED) is 0.653. The van der Waals surface area contributed by atoms with Gasteiger partial charge in [-0.05, 0) is 18.4 Å². The number of aliphatic hydroxyl groups excluding tert-OH is 1. The summed E-state index contributed by atoms with van der Waals surface area (Å²) in [4.78, 5) is 2.35. The SMILES string of the molecule is CCC(CC)CN(CC)C(CO)C(N)C(C)C. The molecule has 2 atom stereocenters. The van der Waals surface area contributed by atoms with Crippen LogP contribution in [-0.4, -0.2) is 41.8 Å². The number of aliphatic hydroxyl groups is 1. The normalized spacial score (nSPS) is 15.9. The summed E-state index contributed by atoms with van der Waals surface area (Å²) in [6.45, 7) is 13.0. The Balaban J connectivity index is 4.57. The summed E-state index contributed by atoms with van der Waals surface area (Å²) in [5.41, 5.74) is 6.20. The molecule has 0 fully saturated rings. The summed E-state index contributed by atoms with van der Waals surface area (Å²) in [5.74, 6) is 1.12. The number of nitrogens with two attached hydrogens (primary N) is 1. The first kappa shape index (κ1) is 16.9. The Morgan fingerprint density at radius 3 is 1.94 bits per heavy atom. The minimum atomic E-state index is 0.0503. The second-order valence-electron chi connectivity index (χ2n) is 5.34. The lowest BCUT2D eigenvalue weighted by atomic mass is 9.94. The Bertz CT molecular complexity index is 181. The van der Waals surface area contributed by atoms with Crippen LogP contribution in [0.2, 0.25) is 0 Å². The molecule has 3 N–H and O–H groups in total. The van der Waals surface area contributed by atoms with Crippen molar-refractivity contribution in [3.05, 3.63) is 0 Å². The van der Waals surface area contributed by atoms with Gasteiger partial charge in [-0.25, -0.2) is 0 Å². The van der Waals surface area contributed by atoms with Crippen LogP contribution in [0.1, 0.15) is 47.5 Å². The Kier molecular flexibility index (Phi) is 8.83. The van der Waals surface area contributed by atoms with Crippen LogP contribution < -0.4 is 5.73 Å². The van der Waals surface area contributed by atoms with E-state index in [0.717, 1.165) is 13.1 Å². The van der Waals surface area contributed by atoms with Crippen molar-refractivity contribution in [2.24, 2.45) is 17.6 Å². The van der Waals surface area contributed by atoms with Crippen LogP contribution >= 0.6 is 0 Å². The van der Waals surface area contributed by atoms with Crippen LogP contribution in [0.15, 0.2) is 0 Å². The third-order valence-corrected chi connectivity index (χ3v) is 3.92. The third kappa shape index (κ3) is 5.36. The lowest BCUT2D eigenvalue weighted by Gasteiger charge is -2.37. The highest BCUT2D eigenvalue weighted by molar-refractivity contribution is 4.84. The predicted molar refractivity (Wildman–Crippen MR) is 75.0 cm³/mol. The summed E-state index contributed by atoms with van der Waals surface area (Å²) >= 11 is 0. The summed E-state index contributed by atoms with van der Waals surface area (Å²) in [7, 11) is 0. The molecule has 0 radical (unpaired) electrons. The van der Waals surface area contributed by atoms with Gasteiger partial charge in [-0.1, -0.05) is 47.5 Å². The van der Waals surface area contributed by atoms with E-state index in [1.54, 1.807) is 0 Å². The first-order chi connectivity index (χ1) is 8.01. The molecule has 0 aliphatic heterocycles. The topological polar surface area (TPSA) is 49.5 Å². The largest absolute Gasteiger partial charge is 0.395 e. The number of rotatable bonds is 9. The van der Waals surface area contributed by atoms with Gasteiger partial charge in [0.05, 0.1) is 6.61 Å². The molecular formula is C14H32N2O. The number of hydrogen-bond donors (Lipinski definition) is 2. The second kappa shape index (κ2) is 8.90. The Morgan fingerprint density at radius 2 is 1.65 bits per heavy atom. The van der Waals surface area contributed by atoms with E-state index in [1.807, 2.05) is 0 Å². The monoisotopic (exact) mass is 244 g/mol. The van der Waals surface area contributed by atoms with Crippen LogP contribution in [0, 0.1) is 11.8 Å². The van der Waals surface area contributed by atoms with E-state index >= 15 is 0 Å². The van der Waals surface area contributed by atoms with Crippen LogP contribution in [0.5, 0.6) is 0 Å². The van der Waals surface area contributed by atoms with Crippen LogP contribution in [0.3, 0.4) is 0 Å². The maximum Gasteiger partial charge on any atom is 0.0602 e. The van der Waals surface area contributed by atoms with E-state index in [2.05, 4.69) is 39.5 Å². The Morgan fingerprint density at radius 1 is 1.12 bits per heavy atom. The van der Waals surface area contributed by atoms with Gasteiger partial charge in [-0.15, -0.1) is 0 Å². The Labute approximate surface area is 107 Å². The molecule has 0 aromatic rings. The van der Waals surface area contributed by atoms with Crippen molar-refractivity contribution in [2.45, 2.75) is 59.5 Å². The highest BCUT2D eigenvalue weighted by Gasteiger charge is 2.26. The lowest BCUT2D eigenvalue weighted by molar-refractivity contribution is 0.0809. The number of nitrogens with zero attached hydrogens (tertiary/aromatic N) is 1. The zero-order valence-electron chi connectivity index (χ0n) is 12.3. The highest BCUT2D eigenvalue weighted by atomic mass is 16.3. The second-order valence-corrected chi connectivity index (χ2v) is 5.34. The van der Waals surface area contributed by atoms with Gasteiger partial charge in [-0.2, -0.15) is 0 Å². The minimum Gasteiger partial charge on any atom is -0.395 e. The maximum atomic E-state index is 9.58. The lowest BCUT2D eigenvalue weighted by Crippen LogP contribution is -2.53. The molecule has 0 aromatic heterocycles. The summed E-state index contributed by atoms with van der Waals surface area (Å²) in [6.07, 6.45) is 2.39. The first-order valence-electron chi connectivity index (χ1n) is 7.12. The smallest absolute Gasteiger partial charge is 0.0602 e. The zero-order valence-corrected chi connectivity index (χ0v) is 12.3. The number of hydrogen-bond acceptors (Lipinski definition) is 3. The summed E-state index contributed by atoms with van der Waals surface area (Å²) in [5, 5.41) is 9.58. The van der Waals surface area contributed by atoms with Gasteiger partial charge in [0.2, 0.25) is 0 Å². The number of likely N-dealkylation sites (N-methyl/N-ethyl adjacent to an activating group) is 1. The molecule has 0 saturated carbocycles. The van der Waals surface area contributed by atoms with Gasteiger partial charge >= 0.3 is 0 Å². The fourth-order valence-electron chi connectivity index (χ4n) is 2.30. The molecule has 0 aromatic carbocycles. The molecule has 3 heteroatoms. The molecule has 0 spiro atoms. The maximum absolute atomic E-state index is 9.58. The summed E-state index contributed by atoms with van der Waals surface area (Å²) in [6, 6.07) is 0.148. The third-order valence-electron chi connectivity index (χ3n) is 3.92. The molecule has 0 heterocycles. The van der Waals surface area contributed by atoms with Crippen molar-refractivity contribution in [1.82, 2.24) is 4.90 Å². The van der Waals surface area contributed by atoms with Gasteiger partial charge < -0.3 is 10.8 Å². The molecular weight excluding hydrogens is 212 g/mol. The van der Waals surface area contributed by atoms with Crippen LogP contribution in [-0.2, 0) is 0 Å². The van der Waals surface area contributed by atoms with E-state index in [1.165, 1.54) is 12.8 Å². The van der Waals surface area contributed by atoms with Gasteiger partial charge in [0.25, 0.3) is 0 Å². The predicted octanol–water partition coefficient (Wildman–Crippen LogP) is 2.09. The molecule has 0 aliphatic rings. The molecule has 17 heavy (non-hydrogen) atoms. The average molecular weight is 244 g/mol. The highest BCUT2D eigenvalue weighted by Crippen LogP contribution is 2.16. The molecule has 0 rings (SSSR count). The van der Waals surface area contributed by atoms with Gasteiger partial charge in [0.1, 0.15) is 0 Å². The van der Waals surface area contributed by atoms with Crippen molar-refractivity contribution in [1.29, 1.82) is 0 Å². The molecule has 3 nitrogen and oxygen atoms in total. The average Bonchev–Trinajstić information content (AvgIpc) is 2.33. The van der Waals surface area contributed by atoms with Crippen molar-refractivity contribution in [2.75, 3.05) is 19.7 Å². The Hall–Kier alpha value is -0.120. The van der Waals surface area contributed by atoms with E-state index in [0.29, 0.717) is 11.8 Å². The van der Waals surface area contributed by atoms with Crippen molar-refractivity contribution in [3.63, 3.8) is 0 Å². The van der Waals surface area contributed by atoms with Crippen molar-refractivity contribution in [3.8, 4) is 0 Å². The molecule has 104 valence electrons. The fourth-order valence-corrected chi connectivity index (χ4v) is 2.30. The fraction of sp³-hybridized carbons (Fsp3) is 1.00. The van der Waals surface area contributed by atoms with E-state index < -0.39 is 0 Å². The van der Waals surface area contributed by atoms with E-state index in [9.17, 15) is 5.11 Å². The zero-order chi connectivity index (χ0) is 13.4. The summed E-state index contributed by atoms with van der Waals surface area (Å²) < 4.78 is 0. The van der Waals surface area contributed by atoms with Gasteiger partial charge in [0, 0.05) is 18.6 Å². The van der Waals surface area contributed by atoms with Crippen LogP contribution in [0.25, 0.3) is 0 Å². The molecule has 0 bridgehead atoms. The molecule has 0 saturated heterocycles.